The van der Waals surface area contributed by atoms with E-state index in [-0.39, 0.29) is 24.4 Å². The molecule has 1 atom stereocenters. The third-order valence-corrected chi connectivity index (χ3v) is 5.07. The molecule has 3 rings (SSSR count). The van der Waals surface area contributed by atoms with Crippen LogP contribution in [0, 0.1) is 5.92 Å². The number of nitrogen functional groups attached to an aromatic ring is 1. The largest absolute Gasteiger partial charge is 0.399 e. The lowest BCUT2D eigenvalue weighted by Crippen LogP contribution is -2.31. The van der Waals surface area contributed by atoms with Gasteiger partial charge in [-0.15, -0.1) is 12.4 Å². The molecule has 1 aromatic carbocycles. The number of benzene rings is 1. The van der Waals surface area contributed by atoms with Gasteiger partial charge in [-0.25, -0.2) is 0 Å². The van der Waals surface area contributed by atoms with E-state index in [1.54, 1.807) is 0 Å². The number of rotatable bonds is 4. The van der Waals surface area contributed by atoms with Crippen LogP contribution in [0.15, 0.2) is 18.2 Å². The zero-order chi connectivity index (χ0) is 14.7. The van der Waals surface area contributed by atoms with Crippen molar-refractivity contribution in [1.29, 1.82) is 0 Å². The number of aryl methyl sites for hydroxylation is 1. The molecule has 0 heterocycles. The summed E-state index contributed by atoms with van der Waals surface area (Å²) in [5.41, 5.74) is 9.26. The molecule has 0 saturated heterocycles. The highest BCUT2D eigenvalue weighted by atomic mass is 35.5. The molecule has 3 nitrogen and oxygen atoms in total. The van der Waals surface area contributed by atoms with Crippen LogP contribution in [-0.2, 0) is 11.2 Å². The Bertz CT molecular complexity index is 512. The summed E-state index contributed by atoms with van der Waals surface area (Å²) >= 11 is 0. The van der Waals surface area contributed by atoms with E-state index in [0.717, 1.165) is 37.3 Å². The van der Waals surface area contributed by atoms with E-state index >= 15 is 0 Å². The SMILES string of the molecule is Cl.Nc1ccc2c(c1)CCCC2NC(=O)CCC1CCCC1. The predicted molar refractivity (Wildman–Crippen MR) is 93.1 cm³/mol. The van der Waals surface area contributed by atoms with E-state index in [1.807, 2.05) is 6.07 Å². The maximum Gasteiger partial charge on any atom is 0.220 e. The zero-order valence-electron chi connectivity index (χ0n) is 13.1. The topological polar surface area (TPSA) is 55.1 Å². The van der Waals surface area contributed by atoms with Crippen LogP contribution in [0.5, 0.6) is 0 Å². The van der Waals surface area contributed by atoms with Crippen LogP contribution in [0.3, 0.4) is 0 Å². The number of amides is 1. The van der Waals surface area contributed by atoms with E-state index in [0.29, 0.717) is 6.42 Å². The molecular formula is C18H27ClN2O. The highest BCUT2D eigenvalue weighted by molar-refractivity contribution is 5.85. The smallest absolute Gasteiger partial charge is 0.220 e. The first-order valence-electron chi connectivity index (χ1n) is 8.40. The normalized spacial score (nSPS) is 21.0. The van der Waals surface area contributed by atoms with Gasteiger partial charge in [0.2, 0.25) is 5.91 Å². The number of hydrogen-bond donors (Lipinski definition) is 2. The van der Waals surface area contributed by atoms with Gasteiger partial charge in [0.05, 0.1) is 6.04 Å². The predicted octanol–water partition coefficient (Wildman–Crippen LogP) is 4.15. The number of hydrogen-bond acceptors (Lipinski definition) is 2. The molecule has 22 heavy (non-hydrogen) atoms. The van der Waals surface area contributed by atoms with Gasteiger partial charge in [-0.1, -0.05) is 31.7 Å². The molecule has 0 spiro atoms. The van der Waals surface area contributed by atoms with Gasteiger partial charge in [0, 0.05) is 12.1 Å². The van der Waals surface area contributed by atoms with Crippen molar-refractivity contribution in [3.05, 3.63) is 29.3 Å². The Labute approximate surface area is 139 Å². The molecule has 1 aromatic rings. The van der Waals surface area contributed by atoms with Crippen molar-refractivity contribution in [2.45, 2.75) is 63.8 Å². The van der Waals surface area contributed by atoms with Gasteiger partial charge in [0.25, 0.3) is 0 Å². The van der Waals surface area contributed by atoms with Crippen LogP contribution in [0.2, 0.25) is 0 Å². The van der Waals surface area contributed by atoms with Crippen LogP contribution in [0.25, 0.3) is 0 Å². The molecule has 0 bridgehead atoms. The molecule has 0 radical (unpaired) electrons. The quantitative estimate of drug-likeness (QED) is 0.818. The molecule has 1 saturated carbocycles. The Kier molecular flexibility index (Phi) is 6.13. The van der Waals surface area contributed by atoms with Crippen molar-refractivity contribution < 1.29 is 4.79 Å². The summed E-state index contributed by atoms with van der Waals surface area (Å²) in [6, 6.07) is 6.28. The molecule has 1 unspecified atom stereocenters. The Balaban J connectivity index is 0.00000176. The summed E-state index contributed by atoms with van der Waals surface area (Å²) in [7, 11) is 0. The minimum atomic E-state index is 0. The molecule has 1 fully saturated rings. The number of nitrogens with two attached hydrogens (primary N) is 1. The number of carbonyl (C=O) groups is 1. The summed E-state index contributed by atoms with van der Waals surface area (Å²) in [4.78, 5) is 12.2. The van der Waals surface area contributed by atoms with Crippen molar-refractivity contribution >= 4 is 24.0 Å². The molecule has 122 valence electrons. The first kappa shape index (κ1) is 17.1. The lowest BCUT2D eigenvalue weighted by molar-refractivity contribution is -0.122. The molecule has 4 heteroatoms. The maximum absolute atomic E-state index is 12.2. The Hall–Kier alpha value is -1.22. The second kappa shape index (κ2) is 7.87. The highest BCUT2D eigenvalue weighted by Gasteiger charge is 2.22. The molecule has 2 aliphatic rings. The van der Waals surface area contributed by atoms with E-state index in [1.165, 1.54) is 36.8 Å². The third-order valence-electron chi connectivity index (χ3n) is 5.07. The van der Waals surface area contributed by atoms with Crippen LogP contribution < -0.4 is 11.1 Å². The van der Waals surface area contributed by atoms with Crippen molar-refractivity contribution in [3.8, 4) is 0 Å². The van der Waals surface area contributed by atoms with Crippen molar-refractivity contribution in [2.24, 2.45) is 5.92 Å². The molecule has 2 aliphatic carbocycles. The summed E-state index contributed by atoms with van der Waals surface area (Å²) in [5, 5.41) is 3.24. The van der Waals surface area contributed by atoms with E-state index in [9.17, 15) is 4.79 Å². The number of halogens is 1. The highest BCUT2D eigenvalue weighted by Crippen LogP contribution is 2.32. The lowest BCUT2D eigenvalue weighted by atomic mass is 9.87. The van der Waals surface area contributed by atoms with Gasteiger partial charge >= 0.3 is 0 Å². The number of carbonyl (C=O) groups excluding carboxylic acids is 1. The molecule has 0 aromatic heterocycles. The van der Waals surface area contributed by atoms with Gasteiger partial charge in [-0.2, -0.15) is 0 Å². The van der Waals surface area contributed by atoms with Gasteiger partial charge in [0.15, 0.2) is 0 Å². The fourth-order valence-electron chi connectivity index (χ4n) is 3.88. The number of nitrogens with one attached hydrogen (secondary N) is 1. The molecule has 3 N–H and O–H groups in total. The second-order valence-corrected chi connectivity index (χ2v) is 6.66. The van der Waals surface area contributed by atoms with E-state index < -0.39 is 0 Å². The fourth-order valence-corrected chi connectivity index (χ4v) is 3.88. The van der Waals surface area contributed by atoms with Crippen molar-refractivity contribution in [1.82, 2.24) is 5.32 Å². The van der Waals surface area contributed by atoms with Gasteiger partial charge < -0.3 is 11.1 Å². The van der Waals surface area contributed by atoms with Crippen LogP contribution in [0.1, 0.15) is 68.5 Å². The minimum Gasteiger partial charge on any atom is -0.399 e. The van der Waals surface area contributed by atoms with E-state index in [2.05, 4.69) is 17.4 Å². The second-order valence-electron chi connectivity index (χ2n) is 6.66. The molecular weight excluding hydrogens is 296 g/mol. The summed E-state index contributed by atoms with van der Waals surface area (Å²) in [6.45, 7) is 0. The average Bonchev–Trinajstić information content (AvgIpc) is 2.98. The lowest BCUT2D eigenvalue weighted by Gasteiger charge is -2.27. The van der Waals surface area contributed by atoms with Gasteiger partial charge in [-0.3, -0.25) is 4.79 Å². The van der Waals surface area contributed by atoms with Crippen molar-refractivity contribution in [2.75, 3.05) is 5.73 Å². The molecule has 1 amide bonds. The van der Waals surface area contributed by atoms with Gasteiger partial charge in [-0.05, 0) is 54.9 Å². The Morgan fingerprint density at radius 2 is 1.95 bits per heavy atom. The monoisotopic (exact) mass is 322 g/mol. The zero-order valence-corrected chi connectivity index (χ0v) is 14.0. The first-order valence-corrected chi connectivity index (χ1v) is 8.40. The summed E-state index contributed by atoms with van der Waals surface area (Å²) in [5.74, 6) is 1.01. The van der Waals surface area contributed by atoms with Crippen LogP contribution >= 0.6 is 12.4 Å². The first-order chi connectivity index (χ1) is 10.2. The van der Waals surface area contributed by atoms with Crippen LogP contribution in [0.4, 0.5) is 5.69 Å². The van der Waals surface area contributed by atoms with Gasteiger partial charge in [0.1, 0.15) is 0 Å². The fraction of sp³-hybridized carbons (Fsp3) is 0.611. The standard InChI is InChI=1S/C18H26N2O.ClH/c19-15-9-10-16-14(12-15)6-3-7-17(16)20-18(21)11-8-13-4-1-2-5-13;/h9-10,12-13,17H,1-8,11,19H2,(H,20,21);1H. The average molecular weight is 323 g/mol. The van der Waals surface area contributed by atoms with Crippen molar-refractivity contribution in [3.63, 3.8) is 0 Å². The summed E-state index contributed by atoms with van der Waals surface area (Å²) < 4.78 is 0. The van der Waals surface area contributed by atoms with Crippen LogP contribution in [-0.4, -0.2) is 5.91 Å². The number of anilines is 1. The Morgan fingerprint density at radius 3 is 2.73 bits per heavy atom. The summed E-state index contributed by atoms with van der Waals surface area (Å²) in [6.07, 6.45) is 10.3. The number of fused-ring (bicyclic) bond motifs is 1. The maximum atomic E-state index is 12.2. The minimum absolute atomic E-state index is 0. The van der Waals surface area contributed by atoms with E-state index in [4.69, 9.17) is 5.73 Å². The Morgan fingerprint density at radius 1 is 1.18 bits per heavy atom. The third kappa shape index (κ3) is 4.16. The molecule has 0 aliphatic heterocycles.